The van der Waals surface area contributed by atoms with Crippen LogP contribution in [0.4, 0.5) is 0 Å². The summed E-state index contributed by atoms with van der Waals surface area (Å²) in [6, 6.07) is 0.611. The second kappa shape index (κ2) is 15.4. The summed E-state index contributed by atoms with van der Waals surface area (Å²) in [5, 5.41) is 0. The van der Waals surface area contributed by atoms with E-state index in [0.29, 0.717) is 12.2 Å². The Morgan fingerprint density at radius 3 is 1.69 bits per heavy atom. The first-order valence-electron chi connectivity index (χ1n) is 11.9. The Balaban J connectivity index is 2.14. The maximum Gasteiger partial charge on any atom is 0.101 e. The molecular weight excluding hydrogens is 316 g/mol. The predicted molar refractivity (Wildman–Crippen MR) is 117 cm³/mol. The minimum atomic E-state index is 0.611. The van der Waals surface area contributed by atoms with Crippen molar-refractivity contribution in [2.24, 2.45) is 0 Å². The first-order valence-corrected chi connectivity index (χ1v) is 11.9. The average molecular weight is 365 g/mol. The van der Waals surface area contributed by atoms with E-state index in [4.69, 9.17) is 0 Å². The molecule has 1 heterocycles. The van der Waals surface area contributed by atoms with Gasteiger partial charge in [0, 0.05) is 25.0 Å². The van der Waals surface area contributed by atoms with E-state index >= 15 is 0 Å². The van der Waals surface area contributed by atoms with Crippen LogP contribution in [-0.4, -0.2) is 28.6 Å². The third-order valence-corrected chi connectivity index (χ3v) is 5.84. The van der Waals surface area contributed by atoms with Gasteiger partial charge in [-0.25, -0.2) is 0 Å². The lowest BCUT2D eigenvalue weighted by atomic mass is 10.1. The van der Waals surface area contributed by atoms with Crippen LogP contribution in [0, 0.1) is 0 Å². The molecule has 0 fully saturated rings. The number of rotatable bonds is 17. The molecule has 1 rings (SSSR count). The van der Waals surface area contributed by atoms with Crippen LogP contribution in [0.3, 0.4) is 0 Å². The van der Waals surface area contributed by atoms with Crippen molar-refractivity contribution in [1.29, 1.82) is 0 Å². The number of hydrogen-bond donors (Lipinski definition) is 0. The van der Waals surface area contributed by atoms with Crippen molar-refractivity contribution in [3.05, 3.63) is 12.4 Å². The van der Waals surface area contributed by atoms with Gasteiger partial charge in [-0.05, 0) is 33.1 Å². The molecule has 0 aromatic carbocycles. The maximum absolute atomic E-state index is 2.62. The van der Waals surface area contributed by atoms with Crippen LogP contribution in [-0.2, 0) is 0 Å². The standard InChI is InChI=1S/C24H48N2/c1-5-7-9-11-12-13-14-15-16-18-20-25-21-22-26(23(3)4)24(25)19-17-10-8-6-2/h21-24H,5-20H2,1-4H3. The van der Waals surface area contributed by atoms with Crippen molar-refractivity contribution in [2.75, 3.05) is 6.54 Å². The summed E-state index contributed by atoms with van der Waals surface area (Å²) in [6.07, 6.45) is 26.4. The molecule has 154 valence electrons. The van der Waals surface area contributed by atoms with Gasteiger partial charge in [0.2, 0.25) is 0 Å². The summed E-state index contributed by atoms with van der Waals surface area (Å²) in [5.74, 6) is 0. The normalized spacial score (nSPS) is 17.0. The highest BCUT2D eigenvalue weighted by Gasteiger charge is 2.26. The topological polar surface area (TPSA) is 6.48 Å². The summed E-state index contributed by atoms with van der Waals surface area (Å²) < 4.78 is 0. The number of nitrogens with zero attached hydrogens (tertiary/aromatic N) is 2. The number of hydrogen-bond acceptors (Lipinski definition) is 2. The molecule has 0 radical (unpaired) electrons. The van der Waals surface area contributed by atoms with E-state index in [-0.39, 0.29) is 0 Å². The van der Waals surface area contributed by atoms with Crippen LogP contribution in [0.15, 0.2) is 12.4 Å². The van der Waals surface area contributed by atoms with Gasteiger partial charge in [0.05, 0.1) is 0 Å². The Morgan fingerprint density at radius 1 is 0.654 bits per heavy atom. The lowest BCUT2D eigenvalue weighted by molar-refractivity contribution is 0.114. The van der Waals surface area contributed by atoms with Gasteiger partial charge in [-0.15, -0.1) is 0 Å². The Bertz CT molecular complexity index is 337. The van der Waals surface area contributed by atoms with E-state index in [2.05, 4.69) is 49.9 Å². The Kier molecular flexibility index (Phi) is 13.9. The van der Waals surface area contributed by atoms with Crippen molar-refractivity contribution < 1.29 is 0 Å². The molecule has 0 aromatic heterocycles. The molecule has 1 aliphatic heterocycles. The monoisotopic (exact) mass is 364 g/mol. The number of unbranched alkanes of at least 4 members (excludes halogenated alkanes) is 12. The summed E-state index contributed by atoms with van der Waals surface area (Å²) in [7, 11) is 0. The molecule has 0 N–H and O–H groups in total. The van der Waals surface area contributed by atoms with Gasteiger partial charge < -0.3 is 9.80 Å². The van der Waals surface area contributed by atoms with Crippen molar-refractivity contribution in [3.63, 3.8) is 0 Å². The summed E-state index contributed by atoms with van der Waals surface area (Å²) in [4.78, 5) is 5.19. The molecular formula is C24H48N2. The zero-order valence-electron chi connectivity index (χ0n) is 18.5. The fourth-order valence-corrected chi connectivity index (χ4v) is 4.12. The summed E-state index contributed by atoms with van der Waals surface area (Å²) in [5.41, 5.74) is 0. The second-order valence-corrected chi connectivity index (χ2v) is 8.59. The summed E-state index contributed by atoms with van der Waals surface area (Å²) in [6.45, 7) is 10.5. The Hall–Kier alpha value is -0.660. The Morgan fingerprint density at radius 2 is 1.15 bits per heavy atom. The fourth-order valence-electron chi connectivity index (χ4n) is 4.12. The minimum Gasteiger partial charge on any atom is -0.356 e. The fraction of sp³-hybridized carbons (Fsp3) is 0.917. The molecule has 2 heteroatoms. The highest BCUT2D eigenvalue weighted by molar-refractivity contribution is 4.98. The first-order chi connectivity index (χ1) is 12.7. The van der Waals surface area contributed by atoms with Crippen molar-refractivity contribution in [1.82, 2.24) is 9.80 Å². The smallest absolute Gasteiger partial charge is 0.101 e. The zero-order chi connectivity index (χ0) is 19.0. The molecule has 1 atom stereocenters. The molecule has 1 unspecified atom stereocenters. The molecule has 0 amide bonds. The molecule has 0 spiro atoms. The second-order valence-electron chi connectivity index (χ2n) is 8.59. The van der Waals surface area contributed by atoms with Crippen LogP contribution in [0.1, 0.15) is 124 Å². The maximum atomic E-state index is 2.62. The SMILES string of the molecule is CCCCCCCCCCCCN1C=CN(C(C)C)C1CCCCCC. The third-order valence-electron chi connectivity index (χ3n) is 5.84. The van der Waals surface area contributed by atoms with E-state index in [9.17, 15) is 0 Å². The molecule has 26 heavy (non-hydrogen) atoms. The van der Waals surface area contributed by atoms with Gasteiger partial charge in [0.15, 0.2) is 0 Å². The van der Waals surface area contributed by atoms with E-state index < -0.39 is 0 Å². The minimum absolute atomic E-state index is 0.611. The van der Waals surface area contributed by atoms with Crippen molar-refractivity contribution >= 4 is 0 Å². The Labute approximate surface area is 165 Å². The lowest BCUT2D eigenvalue weighted by Crippen LogP contribution is -2.42. The quantitative estimate of drug-likeness (QED) is 0.244. The zero-order valence-corrected chi connectivity index (χ0v) is 18.5. The van der Waals surface area contributed by atoms with E-state index in [0.717, 1.165) is 0 Å². The van der Waals surface area contributed by atoms with Crippen LogP contribution < -0.4 is 0 Å². The van der Waals surface area contributed by atoms with E-state index in [1.54, 1.807) is 0 Å². The van der Waals surface area contributed by atoms with E-state index in [1.807, 2.05) is 0 Å². The van der Waals surface area contributed by atoms with Gasteiger partial charge in [0.25, 0.3) is 0 Å². The molecule has 2 nitrogen and oxygen atoms in total. The largest absolute Gasteiger partial charge is 0.356 e. The lowest BCUT2D eigenvalue weighted by Gasteiger charge is -2.35. The van der Waals surface area contributed by atoms with Crippen LogP contribution in [0.5, 0.6) is 0 Å². The highest BCUT2D eigenvalue weighted by atomic mass is 15.4. The van der Waals surface area contributed by atoms with Gasteiger partial charge in [-0.1, -0.05) is 90.9 Å². The molecule has 0 saturated heterocycles. The molecule has 1 aliphatic rings. The van der Waals surface area contributed by atoms with Crippen LogP contribution >= 0.6 is 0 Å². The highest BCUT2D eigenvalue weighted by Crippen LogP contribution is 2.24. The van der Waals surface area contributed by atoms with Gasteiger partial charge in [0.1, 0.15) is 6.17 Å². The first kappa shape index (κ1) is 23.4. The molecule has 0 bridgehead atoms. The van der Waals surface area contributed by atoms with Gasteiger partial charge in [-0.3, -0.25) is 0 Å². The van der Waals surface area contributed by atoms with Gasteiger partial charge in [-0.2, -0.15) is 0 Å². The van der Waals surface area contributed by atoms with Crippen LogP contribution in [0.2, 0.25) is 0 Å². The van der Waals surface area contributed by atoms with E-state index in [1.165, 1.54) is 103 Å². The van der Waals surface area contributed by atoms with Crippen molar-refractivity contribution in [3.8, 4) is 0 Å². The molecule has 0 aliphatic carbocycles. The van der Waals surface area contributed by atoms with Crippen LogP contribution in [0.25, 0.3) is 0 Å². The van der Waals surface area contributed by atoms with Crippen molar-refractivity contribution in [2.45, 2.75) is 136 Å². The predicted octanol–water partition coefficient (Wildman–Crippen LogP) is 7.70. The molecule has 0 aromatic rings. The summed E-state index contributed by atoms with van der Waals surface area (Å²) >= 11 is 0. The van der Waals surface area contributed by atoms with Gasteiger partial charge >= 0.3 is 0 Å². The average Bonchev–Trinajstić information content (AvgIpc) is 3.03. The third kappa shape index (κ3) is 9.88. The molecule has 0 saturated carbocycles.